The third-order valence-corrected chi connectivity index (χ3v) is 25.3. The molecule has 7 N–H and O–H groups in total. The van der Waals surface area contributed by atoms with Gasteiger partial charge in [0.05, 0.1) is 105 Å². The number of nitrogens with one attached hydrogen (secondary N) is 3. The van der Waals surface area contributed by atoms with Crippen molar-refractivity contribution in [2.45, 2.75) is 249 Å². The van der Waals surface area contributed by atoms with E-state index in [0.717, 1.165) is 110 Å². The Kier molecular flexibility index (Phi) is 31.0. The van der Waals surface area contributed by atoms with E-state index in [-0.39, 0.29) is 27.7 Å². The molecule has 0 aliphatic heterocycles. The predicted molar refractivity (Wildman–Crippen MR) is 409 cm³/mol. The van der Waals surface area contributed by atoms with Gasteiger partial charge in [-0.2, -0.15) is 0 Å². The maximum Gasteiger partial charge on any atom is 0.115 e. The lowest BCUT2D eigenvalue weighted by atomic mass is 9.59. The van der Waals surface area contributed by atoms with Gasteiger partial charge in [0.25, 0.3) is 0 Å². The molecule has 15 nitrogen and oxygen atoms in total. The van der Waals surface area contributed by atoms with Gasteiger partial charge in [-0.25, -0.2) is 0 Å². The number of rotatable bonds is 44. The Morgan fingerprint density at radius 2 is 0.843 bits per heavy atom. The van der Waals surface area contributed by atoms with Crippen LogP contribution in [0.2, 0.25) is 0 Å². The number of hydrogen-bond donors (Lipinski definition) is 7. The molecule has 2 fully saturated rings. The summed E-state index contributed by atoms with van der Waals surface area (Å²) in [6, 6.07) is 25.0. The zero-order valence-electron chi connectivity index (χ0n) is 64.1. The second-order valence-corrected chi connectivity index (χ2v) is 33.1. The molecular formula is C87H135N3O12. The first-order valence-electron chi connectivity index (χ1n) is 40.6. The Bertz CT molecular complexity index is 3040. The van der Waals surface area contributed by atoms with Gasteiger partial charge in [0.1, 0.15) is 23.0 Å². The van der Waals surface area contributed by atoms with Crippen molar-refractivity contribution in [1.82, 2.24) is 16.0 Å². The van der Waals surface area contributed by atoms with Crippen LogP contribution in [-0.2, 0) is 85.2 Å². The summed E-state index contributed by atoms with van der Waals surface area (Å²) in [6.45, 7) is 25.9. The van der Waals surface area contributed by atoms with Gasteiger partial charge in [-0.1, -0.05) is 156 Å². The zero-order chi connectivity index (χ0) is 71.8. The number of fused-ring (bicyclic) bond motifs is 10. The molecule has 6 aliphatic rings. The van der Waals surface area contributed by atoms with Crippen LogP contribution < -0.4 is 16.0 Å². The van der Waals surface area contributed by atoms with Crippen LogP contribution in [-0.4, -0.2) is 164 Å². The van der Waals surface area contributed by atoms with Crippen LogP contribution in [0, 0.1) is 29.1 Å². The molecular weight excluding hydrogens is 1280 g/mol. The van der Waals surface area contributed by atoms with Gasteiger partial charge in [-0.3, -0.25) is 0 Å². The summed E-state index contributed by atoms with van der Waals surface area (Å²) in [7, 11) is 0. The SMILES string of the molecule is CCCC[C@]1(C)c2cc(O)ccc2C[C@H](CC)[C@@H]1NCCOCCOCC(COCCOCCCCC[C@H]1Cc2ccc(O)cc2[C@@](C)(CCC)C1)(COCCOCCN[C@H]1[C@H]2CCCCC[C@]1(C)c1cc(O)ccc1C2)COCCOCCN[C@H]1[C@H]2CCCCC[C@]1(C)c1cc(O)ccc1C2. The molecule has 0 aromatic heterocycles. The zero-order valence-corrected chi connectivity index (χ0v) is 64.1. The lowest BCUT2D eigenvalue weighted by Crippen LogP contribution is -2.56. The number of phenolic OH excluding ortho intramolecular Hbond substituents is 4. The van der Waals surface area contributed by atoms with Crippen LogP contribution >= 0.6 is 0 Å². The van der Waals surface area contributed by atoms with E-state index in [9.17, 15) is 20.4 Å². The molecule has 0 saturated heterocycles. The maximum atomic E-state index is 10.7. The molecule has 4 aromatic rings. The fraction of sp³-hybridized carbons (Fsp3) is 0.724. The van der Waals surface area contributed by atoms with Crippen molar-refractivity contribution >= 4 is 0 Å². The highest BCUT2D eigenvalue weighted by atomic mass is 16.6. The first kappa shape index (κ1) is 80.2. The van der Waals surface area contributed by atoms with E-state index in [1.54, 1.807) is 0 Å². The summed E-state index contributed by atoms with van der Waals surface area (Å²) in [6.07, 6.45) is 28.6. The van der Waals surface area contributed by atoms with Crippen molar-refractivity contribution in [1.29, 1.82) is 0 Å². The van der Waals surface area contributed by atoms with Gasteiger partial charge in [-0.05, 0) is 199 Å². The molecule has 4 bridgehead atoms. The van der Waals surface area contributed by atoms with Crippen LogP contribution in [0.4, 0.5) is 0 Å². The fourth-order valence-electron chi connectivity index (χ4n) is 20.1. The number of unbranched alkanes of at least 4 members (excludes halogenated alkanes) is 3. The molecule has 15 heteroatoms. The van der Waals surface area contributed by atoms with E-state index in [1.165, 1.54) is 115 Å². The van der Waals surface area contributed by atoms with E-state index in [1.807, 2.05) is 48.5 Å². The van der Waals surface area contributed by atoms with E-state index in [0.29, 0.717) is 164 Å². The van der Waals surface area contributed by atoms with Crippen molar-refractivity contribution in [3.05, 3.63) is 117 Å². The third-order valence-electron chi connectivity index (χ3n) is 25.3. The van der Waals surface area contributed by atoms with Crippen LogP contribution in [0.3, 0.4) is 0 Å². The minimum atomic E-state index is -0.659. The van der Waals surface area contributed by atoms with E-state index >= 15 is 0 Å². The molecule has 6 aliphatic carbocycles. The van der Waals surface area contributed by atoms with Gasteiger partial charge in [0.15, 0.2) is 0 Å². The largest absolute Gasteiger partial charge is 0.508 e. The average Bonchev–Trinajstić information content (AvgIpc) is 0.757. The lowest BCUT2D eigenvalue weighted by Gasteiger charge is -2.49. The number of benzene rings is 4. The normalized spacial score (nSPS) is 27.0. The Hall–Kier alpha value is -4.36. The third kappa shape index (κ3) is 21.1. The second-order valence-electron chi connectivity index (χ2n) is 33.1. The molecule has 0 unspecified atom stereocenters. The average molecular weight is 1420 g/mol. The summed E-state index contributed by atoms with van der Waals surface area (Å²) in [5, 5.41) is 54.2. The second kappa shape index (κ2) is 39.5. The highest BCUT2D eigenvalue weighted by molar-refractivity contribution is 5.47. The van der Waals surface area contributed by atoms with Crippen LogP contribution in [0.1, 0.15) is 228 Å². The number of ether oxygens (including phenoxy) is 8. The minimum Gasteiger partial charge on any atom is -0.508 e. The molecule has 570 valence electrons. The molecule has 2 saturated carbocycles. The standard InChI is InChI=1S/C87H135N3O12/c1-8-11-33-84(5)77-56-73(92)29-25-67(77)52-65(10-3)80(84)88-36-40-96-44-48-100-61-87(60-99-47-43-95-39-20-14-15-21-64-51-66-24-28-72(91)55-76(66)83(4,59-64)32-9-2,62-101-49-45-97-41-37-89-81-70-22-16-12-18-34-85(81,6)78-57-74(93)30-26-68(78)53-70)63-102-50-46-98-42-38-90-82-71-23-17-13-19-35-86(82,7)79-58-75(94)31-27-69(79)54-71/h24-31,55-58,64-65,70-71,80-82,88-94H,8-23,32-54,59-63H2,1-7H3/t64-,65-,70-,71-,80-,81-,82-,83-,84+,85+,86+/m0/s1. The topological polar surface area (TPSA) is 191 Å². The van der Waals surface area contributed by atoms with E-state index < -0.39 is 5.41 Å². The van der Waals surface area contributed by atoms with Crippen molar-refractivity contribution in [3.8, 4) is 23.0 Å². The predicted octanol–water partition coefficient (Wildman–Crippen LogP) is 15.6. The monoisotopic (exact) mass is 1410 g/mol. The number of hydrogen-bond acceptors (Lipinski definition) is 15. The Morgan fingerprint density at radius 1 is 0.412 bits per heavy atom. The Morgan fingerprint density at radius 3 is 1.31 bits per heavy atom. The number of aromatic hydroxyl groups is 4. The van der Waals surface area contributed by atoms with Gasteiger partial charge in [0, 0.05) is 60.6 Å². The fourth-order valence-corrected chi connectivity index (χ4v) is 20.1. The molecule has 0 heterocycles. The molecule has 10 rings (SSSR count). The summed E-state index contributed by atoms with van der Waals surface area (Å²) >= 11 is 0. The molecule has 11 atom stereocenters. The molecule has 4 aromatic carbocycles. The summed E-state index contributed by atoms with van der Waals surface area (Å²) < 4.78 is 51.8. The van der Waals surface area contributed by atoms with Gasteiger partial charge < -0.3 is 74.3 Å². The first-order valence-corrected chi connectivity index (χ1v) is 40.6. The van der Waals surface area contributed by atoms with Gasteiger partial charge in [0.2, 0.25) is 0 Å². The number of phenols is 4. The highest BCUT2D eigenvalue weighted by Gasteiger charge is 2.48. The summed E-state index contributed by atoms with van der Waals surface area (Å²) in [5.41, 5.74) is 10.0. The summed E-state index contributed by atoms with van der Waals surface area (Å²) in [4.78, 5) is 0. The van der Waals surface area contributed by atoms with Gasteiger partial charge >= 0.3 is 0 Å². The highest BCUT2D eigenvalue weighted by Crippen LogP contribution is 2.51. The summed E-state index contributed by atoms with van der Waals surface area (Å²) in [5.74, 6) is 3.64. The van der Waals surface area contributed by atoms with Crippen LogP contribution in [0.5, 0.6) is 23.0 Å². The molecule has 0 amide bonds. The first-order chi connectivity index (χ1) is 49.5. The van der Waals surface area contributed by atoms with Crippen LogP contribution in [0.25, 0.3) is 0 Å². The molecule has 102 heavy (non-hydrogen) atoms. The van der Waals surface area contributed by atoms with Crippen molar-refractivity contribution in [3.63, 3.8) is 0 Å². The Labute approximate surface area is 614 Å². The maximum absolute atomic E-state index is 10.7. The quantitative estimate of drug-likeness (QED) is 0.0207. The molecule has 0 spiro atoms. The van der Waals surface area contributed by atoms with E-state index in [4.69, 9.17) is 37.9 Å². The molecule has 0 radical (unpaired) electrons. The van der Waals surface area contributed by atoms with Crippen molar-refractivity contribution in [2.75, 3.05) is 125 Å². The van der Waals surface area contributed by atoms with Gasteiger partial charge in [-0.15, -0.1) is 0 Å². The van der Waals surface area contributed by atoms with E-state index in [2.05, 4.69) is 88.7 Å². The van der Waals surface area contributed by atoms with Crippen molar-refractivity contribution < 1.29 is 58.3 Å². The van der Waals surface area contributed by atoms with Crippen LogP contribution in [0.15, 0.2) is 72.8 Å². The Balaban J connectivity index is 0.739. The smallest absolute Gasteiger partial charge is 0.115 e. The lowest BCUT2D eigenvalue weighted by molar-refractivity contribution is -0.121. The minimum absolute atomic E-state index is 0.0554. The van der Waals surface area contributed by atoms with Crippen molar-refractivity contribution in [2.24, 2.45) is 29.1 Å².